The molecule has 4 nitrogen and oxygen atoms in total. The quantitative estimate of drug-likeness (QED) is 0.552. The van der Waals surface area contributed by atoms with Crippen molar-refractivity contribution >= 4 is 11.0 Å². The Balaban J connectivity index is 0.00000144. The Labute approximate surface area is 139 Å². The number of hydrogen-bond acceptors (Lipinski definition) is 1. The average Bonchev–Trinajstić information content (AvgIpc) is 3.30. The van der Waals surface area contributed by atoms with Gasteiger partial charge < -0.3 is 17.0 Å². The zero-order valence-corrected chi connectivity index (χ0v) is 14.0. The summed E-state index contributed by atoms with van der Waals surface area (Å²) in [6.07, 6.45) is 6.38. The first-order valence-corrected chi connectivity index (χ1v) is 7.38. The monoisotopic (exact) mass is 359 g/mol. The van der Waals surface area contributed by atoms with E-state index in [1.807, 2.05) is 29.8 Å². The molecule has 22 heavy (non-hydrogen) atoms. The summed E-state index contributed by atoms with van der Waals surface area (Å²) in [4.78, 5) is 12.4. The fourth-order valence-corrected chi connectivity index (χ4v) is 2.93. The van der Waals surface area contributed by atoms with Crippen molar-refractivity contribution in [2.24, 2.45) is 7.05 Å². The Bertz CT molecular complexity index is 863. The van der Waals surface area contributed by atoms with Crippen LogP contribution in [0.5, 0.6) is 0 Å². The Hall–Kier alpha value is -1.88. The highest BCUT2D eigenvalue weighted by Gasteiger charge is 2.29. The van der Waals surface area contributed by atoms with E-state index in [4.69, 9.17) is 0 Å². The highest BCUT2D eigenvalue weighted by Crippen LogP contribution is 2.35. The largest absolute Gasteiger partial charge is 1.00 e. The van der Waals surface area contributed by atoms with Crippen molar-refractivity contribution in [3.05, 3.63) is 64.8 Å². The molecule has 114 valence electrons. The van der Waals surface area contributed by atoms with Gasteiger partial charge in [-0.05, 0) is 12.8 Å². The summed E-state index contributed by atoms with van der Waals surface area (Å²) in [6.45, 7) is 0.819. The van der Waals surface area contributed by atoms with E-state index in [2.05, 4.69) is 35.2 Å². The van der Waals surface area contributed by atoms with E-state index in [0.29, 0.717) is 6.04 Å². The molecule has 0 N–H and O–H groups in total. The molecule has 0 amide bonds. The smallest absolute Gasteiger partial charge is 0.329 e. The molecular weight excluding hydrogens is 342 g/mol. The summed E-state index contributed by atoms with van der Waals surface area (Å²) < 4.78 is 5.84. The number of rotatable bonds is 3. The van der Waals surface area contributed by atoms with E-state index in [1.165, 1.54) is 5.56 Å². The fourth-order valence-electron chi connectivity index (χ4n) is 2.93. The number of nitrogens with zero attached hydrogens (tertiary/aromatic N) is 3. The third-order valence-electron chi connectivity index (χ3n) is 4.21. The summed E-state index contributed by atoms with van der Waals surface area (Å²) >= 11 is 0. The summed E-state index contributed by atoms with van der Waals surface area (Å²) in [7, 11) is 1.86. The van der Waals surface area contributed by atoms with Crippen LogP contribution in [0.2, 0.25) is 0 Å². The first-order chi connectivity index (χ1) is 10.2. The molecule has 5 heteroatoms. The van der Waals surface area contributed by atoms with Crippen molar-refractivity contribution in [3.63, 3.8) is 0 Å². The summed E-state index contributed by atoms with van der Waals surface area (Å²) in [5, 5.41) is 0. The zero-order chi connectivity index (χ0) is 14.4. The molecule has 1 aromatic carbocycles. The molecule has 3 aromatic rings. The molecular formula is C17H18BrN3O. The normalized spacial score (nSPS) is 14.0. The molecule has 1 aliphatic rings. The molecule has 0 saturated heterocycles. The van der Waals surface area contributed by atoms with Crippen LogP contribution in [0.3, 0.4) is 0 Å². The molecule has 0 spiro atoms. The number of aryl methyl sites for hydroxylation is 1. The van der Waals surface area contributed by atoms with E-state index >= 15 is 0 Å². The van der Waals surface area contributed by atoms with E-state index in [0.717, 1.165) is 30.4 Å². The molecule has 0 unspecified atom stereocenters. The van der Waals surface area contributed by atoms with Gasteiger partial charge in [0.1, 0.15) is 5.52 Å². The molecule has 4 rings (SSSR count). The second-order valence-corrected chi connectivity index (χ2v) is 5.82. The van der Waals surface area contributed by atoms with Gasteiger partial charge in [0.25, 0.3) is 0 Å². The molecule has 2 aromatic heterocycles. The summed E-state index contributed by atoms with van der Waals surface area (Å²) in [5.41, 5.74) is 3.41. The van der Waals surface area contributed by atoms with Gasteiger partial charge in [0, 0.05) is 24.7 Å². The summed E-state index contributed by atoms with van der Waals surface area (Å²) in [5.74, 6) is 0. The van der Waals surface area contributed by atoms with Crippen molar-refractivity contribution in [1.29, 1.82) is 0 Å². The van der Waals surface area contributed by atoms with Crippen molar-refractivity contribution in [3.8, 4) is 0 Å². The number of hydrogen-bond donors (Lipinski definition) is 0. The predicted molar refractivity (Wildman–Crippen MR) is 81.2 cm³/mol. The van der Waals surface area contributed by atoms with Crippen LogP contribution in [-0.4, -0.2) is 9.13 Å². The maximum Gasteiger partial charge on any atom is 0.329 e. The third kappa shape index (κ3) is 2.50. The molecule has 0 aliphatic heterocycles. The van der Waals surface area contributed by atoms with Crippen LogP contribution in [0, 0.1) is 0 Å². The standard InChI is InChI=1S/C17H18N3O.BrH/c1-18-16-12-19(11-13-5-3-2-4-6-13)10-9-15(16)20(17(18)21)14-7-8-14;/h2-6,9-10,12,14H,7-8,11H2,1H3;1H/q+1;/p-1. The Morgan fingerprint density at radius 2 is 1.86 bits per heavy atom. The highest BCUT2D eigenvalue weighted by atomic mass is 79.9. The van der Waals surface area contributed by atoms with E-state index in [1.54, 1.807) is 4.57 Å². The van der Waals surface area contributed by atoms with E-state index in [9.17, 15) is 4.79 Å². The lowest BCUT2D eigenvalue weighted by molar-refractivity contribution is -0.687. The molecule has 1 saturated carbocycles. The second kappa shape index (κ2) is 5.72. The molecule has 0 radical (unpaired) electrons. The second-order valence-electron chi connectivity index (χ2n) is 5.82. The number of imidazole rings is 1. The third-order valence-corrected chi connectivity index (χ3v) is 4.21. The van der Waals surface area contributed by atoms with Crippen LogP contribution in [0.1, 0.15) is 24.4 Å². The lowest BCUT2D eigenvalue weighted by atomic mass is 10.2. The topological polar surface area (TPSA) is 30.8 Å². The molecule has 1 fully saturated rings. The number of benzene rings is 1. The number of pyridine rings is 1. The van der Waals surface area contributed by atoms with E-state index in [-0.39, 0.29) is 22.7 Å². The lowest BCUT2D eigenvalue weighted by Gasteiger charge is -2.00. The van der Waals surface area contributed by atoms with Crippen LogP contribution < -0.4 is 27.2 Å². The average molecular weight is 360 g/mol. The van der Waals surface area contributed by atoms with Crippen molar-refractivity contribution in [1.82, 2.24) is 9.13 Å². The van der Waals surface area contributed by atoms with Crippen LogP contribution >= 0.6 is 0 Å². The molecule has 2 heterocycles. The van der Waals surface area contributed by atoms with Crippen LogP contribution in [0.25, 0.3) is 11.0 Å². The number of fused-ring (bicyclic) bond motifs is 1. The van der Waals surface area contributed by atoms with Crippen molar-refractivity contribution < 1.29 is 21.5 Å². The molecule has 0 bridgehead atoms. The van der Waals surface area contributed by atoms with Crippen molar-refractivity contribution in [2.45, 2.75) is 25.4 Å². The SMILES string of the molecule is Cn1c(=O)n(C2CC2)c2cc[n+](Cc3ccccc3)cc21.[Br-]. The predicted octanol–water partition coefficient (Wildman–Crippen LogP) is -0.985. The van der Waals surface area contributed by atoms with Gasteiger partial charge >= 0.3 is 5.69 Å². The van der Waals surface area contributed by atoms with Gasteiger partial charge in [0.2, 0.25) is 0 Å². The highest BCUT2D eigenvalue weighted by molar-refractivity contribution is 5.74. The van der Waals surface area contributed by atoms with Gasteiger partial charge in [-0.2, -0.15) is 4.57 Å². The van der Waals surface area contributed by atoms with E-state index < -0.39 is 0 Å². The van der Waals surface area contributed by atoms with Crippen LogP contribution in [0.4, 0.5) is 0 Å². The van der Waals surface area contributed by atoms with Crippen LogP contribution in [0.15, 0.2) is 53.6 Å². The Morgan fingerprint density at radius 1 is 1.14 bits per heavy atom. The maximum absolute atomic E-state index is 12.4. The number of halogens is 1. The zero-order valence-electron chi connectivity index (χ0n) is 12.4. The van der Waals surface area contributed by atoms with Gasteiger partial charge in [-0.25, -0.2) is 4.79 Å². The maximum atomic E-state index is 12.4. The molecule has 0 atom stereocenters. The number of aromatic nitrogens is 3. The first kappa shape index (κ1) is 15.0. The van der Waals surface area contributed by atoms with Crippen molar-refractivity contribution in [2.75, 3.05) is 0 Å². The van der Waals surface area contributed by atoms with Gasteiger partial charge in [0.05, 0.1) is 5.52 Å². The van der Waals surface area contributed by atoms with Gasteiger partial charge in [-0.15, -0.1) is 0 Å². The first-order valence-electron chi connectivity index (χ1n) is 7.38. The minimum atomic E-state index is 0. The minimum Gasteiger partial charge on any atom is -1.00 e. The van der Waals surface area contributed by atoms with Gasteiger partial charge in [0.15, 0.2) is 18.9 Å². The fraction of sp³-hybridized carbons (Fsp3) is 0.294. The molecule has 1 aliphatic carbocycles. The van der Waals surface area contributed by atoms with Gasteiger partial charge in [-0.1, -0.05) is 30.3 Å². The Morgan fingerprint density at radius 3 is 2.55 bits per heavy atom. The van der Waals surface area contributed by atoms with Gasteiger partial charge in [-0.3, -0.25) is 9.13 Å². The minimum absolute atomic E-state index is 0. The Kier molecular flexibility index (Phi) is 3.91. The summed E-state index contributed by atoms with van der Waals surface area (Å²) in [6, 6.07) is 12.8. The van der Waals surface area contributed by atoms with Crippen LogP contribution in [-0.2, 0) is 13.6 Å². The lowest BCUT2D eigenvalue weighted by Crippen LogP contribution is -3.00.